The number of likely N-dealkylation sites (N-methyl/N-ethyl adjacent to an activating group) is 1. The first-order valence-corrected chi connectivity index (χ1v) is 5.59. The van der Waals surface area contributed by atoms with E-state index in [2.05, 4.69) is 0 Å². The van der Waals surface area contributed by atoms with E-state index in [0.29, 0.717) is 6.61 Å². The summed E-state index contributed by atoms with van der Waals surface area (Å²) in [7, 11) is 1.47. The van der Waals surface area contributed by atoms with E-state index in [1.165, 1.54) is 25.8 Å². The molecule has 0 heterocycles. The van der Waals surface area contributed by atoms with Crippen LogP contribution in [-0.4, -0.2) is 53.7 Å². The Kier molecular flexibility index (Phi) is 6.12. The van der Waals surface area contributed by atoms with E-state index in [1.54, 1.807) is 0 Å². The van der Waals surface area contributed by atoms with Crippen molar-refractivity contribution >= 4 is 11.9 Å². The Balaban J connectivity index is 4.55. The number of nitrogens with zero attached hydrogens (tertiary/aromatic N) is 1. The van der Waals surface area contributed by atoms with Crippen LogP contribution >= 0.6 is 0 Å². The number of carbonyl (C=O) groups excluding carboxylic acids is 1. The summed E-state index contributed by atoms with van der Waals surface area (Å²) < 4.78 is 5.27. The van der Waals surface area contributed by atoms with Gasteiger partial charge in [0.25, 0.3) is 0 Å². The molecule has 0 rings (SSSR count). The predicted molar refractivity (Wildman–Crippen MR) is 63.6 cm³/mol. The molecule has 3 N–H and O–H groups in total. The zero-order valence-electron chi connectivity index (χ0n) is 10.9. The van der Waals surface area contributed by atoms with E-state index in [4.69, 9.17) is 15.6 Å². The Bertz CT molecular complexity index is 279. The predicted octanol–water partition coefficient (Wildman–Crippen LogP) is 0.0619. The van der Waals surface area contributed by atoms with Gasteiger partial charge < -0.3 is 20.5 Å². The summed E-state index contributed by atoms with van der Waals surface area (Å²) in [5.41, 5.74) is 4.23. The second kappa shape index (κ2) is 6.56. The third-order valence-electron chi connectivity index (χ3n) is 2.80. The molecule has 17 heavy (non-hydrogen) atoms. The van der Waals surface area contributed by atoms with Gasteiger partial charge in [0.1, 0.15) is 5.54 Å². The summed E-state index contributed by atoms with van der Waals surface area (Å²) >= 11 is 0. The first kappa shape index (κ1) is 15.9. The molecule has 0 aromatic carbocycles. The summed E-state index contributed by atoms with van der Waals surface area (Å²) in [6.07, 6.45) is -0.267. The number of rotatable bonds is 7. The average molecular weight is 246 g/mol. The van der Waals surface area contributed by atoms with Crippen molar-refractivity contribution < 1.29 is 19.4 Å². The maximum atomic E-state index is 11.9. The highest BCUT2D eigenvalue weighted by molar-refractivity contribution is 5.86. The van der Waals surface area contributed by atoms with E-state index >= 15 is 0 Å². The summed E-state index contributed by atoms with van der Waals surface area (Å²) in [5, 5.41) is 9.01. The van der Waals surface area contributed by atoms with Crippen molar-refractivity contribution in [3.8, 4) is 0 Å². The van der Waals surface area contributed by atoms with Gasteiger partial charge in [0, 0.05) is 20.2 Å². The molecule has 0 aliphatic heterocycles. The van der Waals surface area contributed by atoms with Crippen molar-refractivity contribution in [3.05, 3.63) is 0 Å². The third-order valence-corrected chi connectivity index (χ3v) is 2.80. The summed E-state index contributed by atoms with van der Waals surface area (Å²) in [6.45, 7) is 5.48. The molecule has 0 aliphatic rings. The topological polar surface area (TPSA) is 92.9 Å². The van der Waals surface area contributed by atoms with Gasteiger partial charge in [-0.15, -0.1) is 0 Å². The van der Waals surface area contributed by atoms with Gasteiger partial charge in [0.15, 0.2) is 0 Å². The maximum absolute atomic E-state index is 11.9. The van der Waals surface area contributed by atoms with Crippen LogP contribution in [-0.2, 0) is 14.3 Å². The van der Waals surface area contributed by atoms with Crippen LogP contribution in [0.1, 0.15) is 27.2 Å². The van der Waals surface area contributed by atoms with Crippen LogP contribution in [0.4, 0.5) is 0 Å². The lowest BCUT2D eigenvalue weighted by molar-refractivity contribution is -0.156. The van der Waals surface area contributed by atoms with Gasteiger partial charge in [-0.1, -0.05) is 0 Å². The second-order valence-corrected chi connectivity index (χ2v) is 4.33. The SMILES string of the molecule is CCOC(CN)CC(=O)N(C)C(C)(C)C(=O)O. The molecule has 0 saturated carbocycles. The van der Waals surface area contributed by atoms with Gasteiger partial charge in [0.2, 0.25) is 5.91 Å². The van der Waals surface area contributed by atoms with Crippen LogP contribution in [0.2, 0.25) is 0 Å². The molecule has 6 nitrogen and oxygen atoms in total. The maximum Gasteiger partial charge on any atom is 0.329 e. The highest BCUT2D eigenvalue weighted by atomic mass is 16.5. The van der Waals surface area contributed by atoms with Crippen LogP contribution in [0.25, 0.3) is 0 Å². The minimum atomic E-state index is -1.23. The van der Waals surface area contributed by atoms with Crippen molar-refractivity contribution in [2.24, 2.45) is 5.73 Å². The number of aliphatic carboxylic acids is 1. The summed E-state index contributed by atoms with van der Waals surface area (Å²) in [5.74, 6) is -1.34. The van der Waals surface area contributed by atoms with Crippen LogP contribution in [0, 0.1) is 0 Å². The number of nitrogens with two attached hydrogens (primary N) is 1. The molecule has 1 atom stereocenters. The van der Waals surface area contributed by atoms with Crippen LogP contribution in [0.15, 0.2) is 0 Å². The van der Waals surface area contributed by atoms with Crippen molar-refractivity contribution in [2.45, 2.75) is 38.8 Å². The number of carboxylic acid groups (broad SMARTS) is 1. The number of carboxylic acids is 1. The number of carbonyl (C=O) groups is 2. The molecule has 0 aromatic rings. The Morgan fingerprint density at radius 3 is 2.35 bits per heavy atom. The van der Waals surface area contributed by atoms with E-state index in [9.17, 15) is 9.59 Å². The number of hydrogen-bond acceptors (Lipinski definition) is 4. The molecule has 0 aliphatic carbocycles. The molecule has 0 aromatic heterocycles. The molecule has 6 heteroatoms. The number of hydrogen-bond donors (Lipinski definition) is 2. The van der Waals surface area contributed by atoms with Gasteiger partial charge in [-0.05, 0) is 20.8 Å². The molecule has 1 amide bonds. The summed E-state index contributed by atoms with van der Waals surface area (Å²) in [4.78, 5) is 24.1. The van der Waals surface area contributed by atoms with E-state index in [1.807, 2.05) is 6.92 Å². The molecule has 100 valence electrons. The van der Waals surface area contributed by atoms with Crippen molar-refractivity contribution in [3.63, 3.8) is 0 Å². The summed E-state index contributed by atoms with van der Waals surface area (Å²) in [6, 6.07) is 0. The van der Waals surface area contributed by atoms with Gasteiger partial charge >= 0.3 is 5.97 Å². The quantitative estimate of drug-likeness (QED) is 0.662. The second-order valence-electron chi connectivity index (χ2n) is 4.33. The molecule has 0 fully saturated rings. The lowest BCUT2D eigenvalue weighted by Gasteiger charge is -2.32. The van der Waals surface area contributed by atoms with Gasteiger partial charge in [-0.2, -0.15) is 0 Å². The standard InChI is InChI=1S/C11H22N2O4/c1-5-17-8(7-12)6-9(14)13(4)11(2,3)10(15)16/h8H,5-7,12H2,1-4H3,(H,15,16). The van der Waals surface area contributed by atoms with E-state index in [0.717, 1.165) is 0 Å². The number of amides is 1. The lowest BCUT2D eigenvalue weighted by Crippen LogP contribution is -2.51. The third kappa shape index (κ3) is 4.32. The Labute approximate surface area is 102 Å². The average Bonchev–Trinajstić information content (AvgIpc) is 2.26. The fraction of sp³-hybridized carbons (Fsp3) is 0.818. The monoisotopic (exact) mass is 246 g/mol. The van der Waals surface area contributed by atoms with E-state index in [-0.39, 0.29) is 25.0 Å². The molecule has 0 saturated heterocycles. The zero-order chi connectivity index (χ0) is 13.6. The smallest absolute Gasteiger partial charge is 0.329 e. The molecule has 1 unspecified atom stereocenters. The van der Waals surface area contributed by atoms with Crippen LogP contribution < -0.4 is 5.73 Å². The van der Waals surface area contributed by atoms with Crippen LogP contribution in [0.3, 0.4) is 0 Å². The van der Waals surface area contributed by atoms with Crippen molar-refractivity contribution in [1.82, 2.24) is 4.90 Å². The Morgan fingerprint density at radius 2 is 2.00 bits per heavy atom. The fourth-order valence-corrected chi connectivity index (χ4v) is 1.23. The molecule has 0 radical (unpaired) electrons. The first-order valence-electron chi connectivity index (χ1n) is 5.59. The first-order chi connectivity index (χ1) is 7.77. The minimum Gasteiger partial charge on any atom is -0.480 e. The zero-order valence-corrected chi connectivity index (χ0v) is 10.9. The van der Waals surface area contributed by atoms with E-state index < -0.39 is 11.5 Å². The fourth-order valence-electron chi connectivity index (χ4n) is 1.23. The van der Waals surface area contributed by atoms with Crippen molar-refractivity contribution in [1.29, 1.82) is 0 Å². The lowest BCUT2D eigenvalue weighted by atomic mass is 10.0. The Morgan fingerprint density at radius 1 is 1.47 bits per heavy atom. The van der Waals surface area contributed by atoms with Crippen molar-refractivity contribution in [2.75, 3.05) is 20.2 Å². The molecular formula is C11H22N2O4. The Hall–Kier alpha value is -1.14. The number of ether oxygens (including phenoxy) is 1. The van der Waals surface area contributed by atoms with Gasteiger partial charge in [-0.25, -0.2) is 4.79 Å². The highest BCUT2D eigenvalue weighted by Crippen LogP contribution is 2.14. The van der Waals surface area contributed by atoms with Crippen LogP contribution in [0.5, 0.6) is 0 Å². The molecular weight excluding hydrogens is 224 g/mol. The molecule has 0 spiro atoms. The highest BCUT2D eigenvalue weighted by Gasteiger charge is 2.35. The minimum absolute atomic E-state index is 0.0948. The van der Waals surface area contributed by atoms with Gasteiger partial charge in [0.05, 0.1) is 12.5 Å². The largest absolute Gasteiger partial charge is 0.480 e. The normalized spacial score (nSPS) is 13.2. The molecule has 0 bridgehead atoms. The van der Waals surface area contributed by atoms with Gasteiger partial charge in [-0.3, -0.25) is 4.79 Å².